The summed E-state index contributed by atoms with van der Waals surface area (Å²) in [5, 5.41) is 2.67. The van der Waals surface area contributed by atoms with Gasteiger partial charge in [0.1, 0.15) is 0 Å². The van der Waals surface area contributed by atoms with Gasteiger partial charge in [-0.2, -0.15) is 0 Å². The highest BCUT2D eigenvalue weighted by atomic mass is 14.1. The second-order valence-corrected chi connectivity index (χ2v) is 4.34. The smallest absolute Gasteiger partial charge is 0.00761 e. The van der Waals surface area contributed by atoms with E-state index in [1.165, 1.54) is 27.5 Å². The van der Waals surface area contributed by atoms with Crippen molar-refractivity contribution >= 4 is 10.8 Å². The summed E-state index contributed by atoms with van der Waals surface area (Å²) in [4.78, 5) is 0. The number of hydrogen-bond acceptors (Lipinski definition) is 0. The number of fused-ring (bicyclic) bond motifs is 1. The molecule has 82 valence electrons. The van der Waals surface area contributed by atoms with Crippen LogP contribution >= 0.6 is 0 Å². The number of aryl methyl sites for hydroxylation is 1. The first-order chi connectivity index (χ1) is 8.36. The SMILES string of the molecule is Cc1cccc2cccc(-c3ccccc3)c12. The van der Waals surface area contributed by atoms with Crippen LogP contribution in [-0.2, 0) is 0 Å². The minimum absolute atomic E-state index is 1.28. The van der Waals surface area contributed by atoms with Crippen molar-refractivity contribution in [2.45, 2.75) is 6.92 Å². The van der Waals surface area contributed by atoms with Crippen molar-refractivity contribution in [1.29, 1.82) is 0 Å². The Morgan fingerprint density at radius 1 is 0.647 bits per heavy atom. The van der Waals surface area contributed by atoms with Crippen LogP contribution in [-0.4, -0.2) is 0 Å². The lowest BCUT2D eigenvalue weighted by Crippen LogP contribution is -1.84. The predicted molar refractivity (Wildman–Crippen MR) is 74.1 cm³/mol. The van der Waals surface area contributed by atoms with E-state index in [-0.39, 0.29) is 0 Å². The summed E-state index contributed by atoms with van der Waals surface area (Å²) in [6, 6.07) is 23.5. The number of rotatable bonds is 1. The van der Waals surface area contributed by atoms with Crippen LogP contribution in [0.1, 0.15) is 5.56 Å². The van der Waals surface area contributed by atoms with Gasteiger partial charge in [-0.25, -0.2) is 0 Å². The van der Waals surface area contributed by atoms with Crippen LogP contribution in [0.3, 0.4) is 0 Å². The van der Waals surface area contributed by atoms with Gasteiger partial charge in [0.25, 0.3) is 0 Å². The van der Waals surface area contributed by atoms with E-state index >= 15 is 0 Å². The van der Waals surface area contributed by atoms with Crippen molar-refractivity contribution in [2.75, 3.05) is 0 Å². The lowest BCUT2D eigenvalue weighted by Gasteiger charge is -2.09. The van der Waals surface area contributed by atoms with Crippen LogP contribution in [0.2, 0.25) is 0 Å². The van der Waals surface area contributed by atoms with E-state index in [1.54, 1.807) is 0 Å². The van der Waals surface area contributed by atoms with Gasteiger partial charge in [0.05, 0.1) is 0 Å². The molecule has 0 aliphatic carbocycles. The van der Waals surface area contributed by atoms with E-state index < -0.39 is 0 Å². The molecule has 0 heteroatoms. The normalized spacial score (nSPS) is 10.6. The predicted octanol–water partition coefficient (Wildman–Crippen LogP) is 4.82. The van der Waals surface area contributed by atoms with Crippen molar-refractivity contribution in [3.05, 3.63) is 72.3 Å². The Morgan fingerprint density at radius 3 is 2.12 bits per heavy atom. The molecule has 0 unspecified atom stereocenters. The van der Waals surface area contributed by atoms with Gasteiger partial charge < -0.3 is 0 Å². The van der Waals surface area contributed by atoms with Gasteiger partial charge in [-0.1, -0.05) is 66.7 Å². The third kappa shape index (κ3) is 1.72. The van der Waals surface area contributed by atoms with Gasteiger partial charge in [-0.3, -0.25) is 0 Å². The van der Waals surface area contributed by atoms with E-state index in [0.29, 0.717) is 0 Å². The summed E-state index contributed by atoms with van der Waals surface area (Å²) >= 11 is 0. The molecule has 3 aromatic rings. The zero-order valence-corrected chi connectivity index (χ0v) is 9.85. The lowest BCUT2D eigenvalue weighted by molar-refractivity contribution is 1.52. The molecule has 0 amide bonds. The molecule has 0 atom stereocenters. The summed E-state index contributed by atoms with van der Waals surface area (Å²) in [5.41, 5.74) is 3.94. The molecule has 0 N–H and O–H groups in total. The van der Waals surface area contributed by atoms with Crippen LogP contribution in [0, 0.1) is 6.92 Å². The van der Waals surface area contributed by atoms with E-state index in [2.05, 4.69) is 73.7 Å². The molecule has 17 heavy (non-hydrogen) atoms. The van der Waals surface area contributed by atoms with Crippen molar-refractivity contribution in [3.63, 3.8) is 0 Å². The molecule has 3 rings (SSSR count). The monoisotopic (exact) mass is 218 g/mol. The maximum atomic E-state index is 2.20. The highest BCUT2D eigenvalue weighted by molar-refractivity contribution is 5.98. The Bertz CT molecular complexity index is 646. The molecule has 3 aromatic carbocycles. The van der Waals surface area contributed by atoms with Crippen molar-refractivity contribution in [1.82, 2.24) is 0 Å². The van der Waals surface area contributed by atoms with Crippen LogP contribution < -0.4 is 0 Å². The fourth-order valence-corrected chi connectivity index (χ4v) is 2.39. The van der Waals surface area contributed by atoms with Crippen LogP contribution in [0.4, 0.5) is 0 Å². The first kappa shape index (κ1) is 10.1. The van der Waals surface area contributed by atoms with Gasteiger partial charge in [0, 0.05) is 0 Å². The van der Waals surface area contributed by atoms with E-state index in [4.69, 9.17) is 0 Å². The molecule has 0 nitrogen and oxygen atoms in total. The zero-order chi connectivity index (χ0) is 11.7. The summed E-state index contributed by atoms with van der Waals surface area (Å²) in [7, 11) is 0. The quantitative estimate of drug-likeness (QED) is 0.549. The molecule has 0 saturated carbocycles. The van der Waals surface area contributed by atoms with Gasteiger partial charge in [-0.15, -0.1) is 0 Å². The molecule has 0 radical (unpaired) electrons. The van der Waals surface area contributed by atoms with E-state index in [9.17, 15) is 0 Å². The van der Waals surface area contributed by atoms with E-state index in [1.807, 2.05) is 0 Å². The van der Waals surface area contributed by atoms with Crippen LogP contribution in [0.5, 0.6) is 0 Å². The van der Waals surface area contributed by atoms with Crippen molar-refractivity contribution in [3.8, 4) is 11.1 Å². The maximum Gasteiger partial charge on any atom is -0.00761 e. The van der Waals surface area contributed by atoms with Gasteiger partial charge in [0.2, 0.25) is 0 Å². The Morgan fingerprint density at radius 2 is 1.35 bits per heavy atom. The highest BCUT2D eigenvalue weighted by Gasteiger charge is 2.04. The Balaban J connectivity index is 2.38. The van der Waals surface area contributed by atoms with Gasteiger partial charge in [-0.05, 0) is 34.4 Å². The Labute approximate surface area is 102 Å². The third-order valence-corrected chi connectivity index (χ3v) is 3.20. The molecule has 0 aliphatic rings. The second kappa shape index (κ2) is 4.06. The summed E-state index contributed by atoms with van der Waals surface area (Å²) in [6.45, 7) is 2.18. The van der Waals surface area contributed by atoms with Gasteiger partial charge in [0.15, 0.2) is 0 Å². The Kier molecular flexibility index (Phi) is 2.41. The molecule has 0 bridgehead atoms. The first-order valence-corrected chi connectivity index (χ1v) is 5.90. The minimum Gasteiger partial charge on any atom is -0.0622 e. The van der Waals surface area contributed by atoms with Gasteiger partial charge >= 0.3 is 0 Å². The average Bonchev–Trinajstić information content (AvgIpc) is 2.39. The first-order valence-electron chi connectivity index (χ1n) is 5.90. The fourth-order valence-electron chi connectivity index (χ4n) is 2.39. The second-order valence-electron chi connectivity index (χ2n) is 4.34. The number of hydrogen-bond donors (Lipinski definition) is 0. The lowest BCUT2D eigenvalue weighted by atomic mass is 9.95. The maximum absolute atomic E-state index is 2.20. The minimum atomic E-state index is 1.28. The molecule has 0 fully saturated rings. The molecule has 0 spiro atoms. The van der Waals surface area contributed by atoms with Crippen LogP contribution in [0.15, 0.2) is 66.7 Å². The molecule has 0 aromatic heterocycles. The number of benzene rings is 3. The molecule has 0 heterocycles. The molecule has 0 saturated heterocycles. The standard InChI is InChI=1S/C17H14/c1-13-7-5-10-15-11-6-12-16(17(13)15)14-8-3-2-4-9-14/h2-12H,1H3. The Hall–Kier alpha value is -2.08. The highest BCUT2D eigenvalue weighted by Crippen LogP contribution is 2.30. The average molecular weight is 218 g/mol. The molecule has 0 aliphatic heterocycles. The van der Waals surface area contributed by atoms with Crippen molar-refractivity contribution < 1.29 is 0 Å². The van der Waals surface area contributed by atoms with Crippen LogP contribution in [0.25, 0.3) is 21.9 Å². The third-order valence-electron chi connectivity index (χ3n) is 3.20. The fraction of sp³-hybridized carbons (Fsp3) is 0.0588. The largest absolute Gasteiger partial charge is 0.0622 e. The summed E-state index contributed by atoms with van der Waals surface area (Å²) < 4.78 is 0. The molecular formula is C17H14. The zero-order valence-electron chi connectivity index (χ0n) is 9.85. The summed E-state index contributed by atoms with van der Waals surface area (Å²) in [6.07, 6.45) is 0. The van der Waals surface area contributed by atoms with E-state index in [0.717, 1.165) is 0 Å². The summed E-state index contributed by atoms with van der Waals surface area (Å²) in [5.74, 6) is 0. The van der Waals surface area contributed by atoms with Crippen molar-refractivity contribution in [2.24, 2.45) is 0 Å². The topological polar surface area (TPSA) is 0 Å². The molecular weight excluding hydrogens is 204 g/mol.